The lowest BCUT2D eigenvalue weighted by Crippen LogP contribution is -2.13. The molecule has 1 atom stereocenters. The minimum Gasteiger partial charge on any atom is -0.0654 e. The first kappa shape index (κ1) is 22.1. The van der Waals surface area contributed by atoms with Crippen molar-refractivity contribution in [2.24, 2.45) is 0 Å². The smallest absolute Gasteiger partial charge is 0.0654 e. The molecule has 0 aliphatic heterocycles. The van der Waals surface area contributed by atoms with Crippen molar-refractivity contribution in [2.75, 3.05) is 0 Å². The zero-order valence-corrected chi connectivity index (χ0v) is 17.3. The monoisotopic (exact) mass is 334 g/mol. The van der Waals surface area contributed by atoms with Crippen molar-refractivity contribution in [1.29, 1.82) is 0 Å². The van der Waals surface area contributed by atoms with Gasteiger partial charge in [0, 0.05) is 0 Å². The molecule has 0 heterocycles. The van der Waals surface area contributed by atoms with Crippen molar-refractivity contribution in [3.63, 3.8) is 0 Å². The Morgan fingerprint density at radius 3 is 1.67 bits per heavy atom. The first-order chi connectivity index (χ1) is 11.9. The van der Waals surface area contributed by atoms with Crippen LogP contribution in [0.15, 0.2) is 0 Å². The highest BCUT2D eigenvalue weighted by Gasteiger charge is 2.19. The molecule has 1 aliphatic carbocycles. The van der Waals surface area contributed by atoms with Crippen molar-refractivity contribution in [3.05, 3.63) is 0 Å². The molecule has 1 aliphatic rings. The Kier molecular flexibility index (Phi) is 15.2. The Labute approximate surface area is 155 Å². The number of hydrogen-bond donors (Lipinski definition) is 0. The molecule has 1 unspecified atom stereocenters. The Morgan fingerprint density at radius 2 is 1.08 bits per heavy atom. The molecule has 0 nitrogen and oxygen atoms in total. The molecule has 0 spiro atoms. The van der Waals surface area contributed by atoms with E-state index >= 15 is 0 Å². The van der Waals surface area contributed by atoms with Crippen molar-refractivity contribution in [2.45, 2.75) is 147 Å². The van der Waals surface area contributed by atoms with Gasteiger partial charge in [-0.25, -0.2) is 0 Å². The summed E-state index contributed by atoms with van der Waals surface area (Å²) in [5, 5.41) is 0. The Balaban J connectivity index is 2.26. The van der Waals surface area contributed by atoms with Gasteiger partial charge >= 0.3 is 0 Å². The molecule has 0 amide bonds. The van der Waals surface area contributed by atoms with Gasteiger partial charge in [-0.2, -0.15) is 0 Å². The van der Waals surface area contributed by atoms with E-state index in [1.54, 1.807) is 20.1 Å². The van der Waals surface area contributed by atoms with E-state index in [0.29, 0.717) is 0 Å². The van der Waals surface area contributed by atoms with E-state index in [1.165, 1.54) is 109 Å². The molecule has 1 heteroatoms. The van der Waals surface area contributed by atoms with Crippen LogP contribution in [0.5, 0.6) is 0 Å². The van der Waals surface area contributed by atoms with Crippen molar-refractivity contribution < 1.29 is 0 Å². The molecule has 0 aromatic heterocycles. The Hall–Kier alpha value is 0.0649. The summed E-state index contributed by atoms with van der Waals surface area (Å²) in [5.74, 6) is 2.12. The topological polar surface area (TPSA) is 0 Å². The minimum atomic E-state index is 1.05. The van der Waals surface area contributed by atoms with Crippen LogP contribution in [0.4, 0.5) is 0 Å². The quantitative estimate of drug-likeness (QED) is 0.221. The molecule has 0 bridgehead atoms. The van der Waals surface area contributed by atoms with Gasteiger partial charge in [0.25, 0.3) is 0 Å². The van der Waals surface area contributed by atoms with Crippen LogP contribution in [-0.2, 0) is 0 Å². The molecular weight excluding hydrogens is 287 g/mol. The molecule has 0 aromatic rings. The summed E-state index contributed by atoms with van der Waals surface area (Å²) >= 11 is 0. The van der Waals surface area contributed by atoms with Crippen LogP contribution >= 0.6 is 0 Å². The molecule has 1 saturated carbocycles. The van der Waals surface area contributed by atoms with Gasteiger partial charge in [0.2, 0.25) is 0 Å². The predicted octanol–water partition coefficient (Wildman–Crippen LogP) is 8.47. The average molecular weight is 334 g/mol. The lowest BCUT2D eigenvalue weighted by atomic mass is 9.50. The Morgan fingerprint density at radius 1 is 0.625 bits per heavy atom. The van der Waals surface area contributed by atoms with Gasteiger partial charge in [-0.3, -0.25) is 0 Å². The number of unbranched alkanes of at least 4 members (excludes halogenated alkanes) is 8. The van der Waals surface area contributed by atoms with Gasteiger partial charge in [0.1, 0.15) is 7.28 Å². The third-order valence-electron chi connectivity index (χ3n) is 6.32. The van der Waals surface area contributed by atoms with Crippen LogP contribution in [0.3, 0.4) is 0 Å². The third-order valence-corrected chi connectivity index (χ3v) is 6.32. The van der Waals surface area contributed by atoms with E-state index in [9.17, 15) is 0 Å². The summed E-state index contributed by atoms with van der Waals surface area (Å²) in [5.41, 5.74) is 0. The normalized spacial score (nSPS) is 18.1. The fraction of sp³-hybridized carbons (Fsp3) is 1.00. The standard InChI is InChI=1S/C23H47B/c1-3-5-7-9-11-15-19-22(18-14-8-6-4-2)24-23-20-16-12-10-13-17-21-23/h22-24H,3-21H2,1-2H3. The molecule has 0 radical (unpaired) electrons. The second kappa shape index (κ2) is 16.5. The maximum Gasteiger partial charge on any atom is 0.127 e. The van der Waals surface area contributed by atoms with Gasteiger partial charge < -0.3 is 0 Å². The van der Waals surface area contributed by atoms with Crippen LogP contribution in [0.1, 0.15) is 136 Å². The fourth-order valence-electron chi connectivity index (χ4n) is 4.70. The first-order valence-electron chi connectivity index (χ1n) is 11.9. The number of hydrogen-bond acceptors (Lipinski definition) is 0. The molecular formula is C23H47B. The zero-order chi connectivity index (χ0) is 17.3. The number of rotatable bonds is 14. The average Bonchev–Trinajstić information content (AvgIpc) is 2.56. The van der Waals surface area contributed by atoms with Crippen LogP contribution in [0.2, 0.25) is 11.6 Å². The van der Waals surface area contributed by atoms with Crippen molar-refractivity contribution >= 4 is 7.28 Å². The van der Waals surface area contributed by atoms with E-state index in [0.717, 1.165) is 11.6 Å². The zero-order valence-electron chi connectivity index (χ0n) is 17.3. The van der Waals surface area contributed by atoms with Gasteiger partial charge in [-0.1, -0.05) is 147 Å². The van der Waals surface area contributed by atoms with Crippen LogP contribution in [0, 0.1) is 0 Å². The molecule has 24 heavy (non-hydrogen) atoms. The molecule has 1 fully saturated rings. The van der Waals surface area contributed by atoms with Crippen molar-refractivity contribution in [1.82, 2.24) is 0 Å². The van der Waals surface area contributed by atoms with E-state index in [2.05, 4.69) is 13.8 Å². The highest BCUT2D eigenvalue weighted by molar-refractivity contribution is 6.39. The molecule has 142 valence electrons. The summed E-state index contributed by atoms with van der Waals surface area (Å²) in [6.07, 6.45) is 28.3. The molecule has 0 N–H and O–H groups in total. The fourth-order valence-corrected chi connectivity index (χ4v) is 4.70. The minimum absolute atomic E-state index is 1.05. The summed E-state index contributed by atoms with van der Waals surface area (Å²) in [6, 6.07) is 0. The van der Waals surface area contributed by atoms with Gasteiger partial charge in [-0.05, 0) is 0 Å². The summed E-state index contributed by atoms with van der Waals surface area (Å²) < 4.78 is 0. The maximum atomic E-state index is 2.34. The van der Waals surface area contributed by atoms with Crippen LogP contribution < -0.4 is 0 Å². The largest absolute Gasteiger partial charge is 0.127 e. The first-order valence-corrected chi connectivity index (χ1v) is 11.9. The van der Waals surface area contributed by atoms with E-state index in [4.69, 9.17) is 0 Å². The predicted molar refractivity (Wildman–Crippen MR) is 114 cm³/mol. The molecule has 0 saturated heterocycles. The second-order valence-electron chi connectivity index (χ2n) is 8.72. The van der Waals surface area contributed by atoms with Gasteiger partial charge in [0.15, 0.2) is 0 Å². The third kappa shape index (κ3) is 12.4. The van der Waals surface area contributed by atoms with Crippen LogP contribution in [-0.4, -0.2) is 7.28 Å². The second-order valence-corrected chi connectivity index (χ2v) is 8.72. The SMILES string of the molecule is CCCCCCCCC(BC1CCCCCCC1)CCCCCC. The lowest BCUT2D eigenvalue weighted by Gasteiger charge is -2.24. The maximum absolute atomic E-state index is 2.34. The summed E-state index contributed by atoms with van der Waals surface area (Å²) in [4.78, 5) is 0. The molecule has 1 rings (SSSR count). The summed E-state index contributed by atoms with van der Waals surface area (Å²) in [6.45, 7) is 4.66. The van der Waals surface area contributed by atoms with Gasteiger partial charge in [0.05, 0.1) is 0 Å². The molecule has 0 aromatic carbocycles. The highest BCUT2D eigenvalue weighted by atomic mass is 14.1. The lowest BCUT2D eigenvalue weighted by molar-refractivity contribution is 0.489. The Bertz CT molecular complexity index is 242. The van der Waals surface area contributed by atoms with E-state index < -0.39 is 0 Å². The van der Waals surface area contributed by atoms with Crippen molar-refractivity contribution in [3.8, 4) is 0 Å². The van der Waals surface area contributed by atoms with Crippen LogP contribution in [0.25, 0.3) is 0 Å². The van der Waals surface area contributed by atoms with E-state index in [-0.39, 0.29) is 0 Å². The highest BCUT2D eigenvalue weighted by Crippen LogP contribution is 2.33. The summed E-state index contributed by atoms with van der Waals surface area (Å²) in [7, 11) is 1.57. The van der Waals surface area contributed by atoms with E-state index in [1.807, 2.05) is 0 Å². The van der Waals surface area contributed by atoms with Gasteiger partial charge in [-0.15, -0.1) is 0 Å².